The van der Waals surface area contributed by atoms with Crippen LogP contribution in [0.4, 0.5) is 5.69 Å². The van der Waals surface area contributed by atoms with Crippen LogP contribution < -0.4 is 10.1 Å². The van der Waals surface area contributed by atoms with E-state index in [0.717, 1.165) is 27.8 Å². The lowest BCUT2D eigenvalue weighted by atomic mass is 9.92. The summed E-state index contributed by atoms with van der Waals surface area (Å²) in [5.41, 5.74) is 1.60. The average Bonchev–Trinajstić information content (AvgIpc) is 2.61. The maximum atomic E-state index is 12.9. The van der Waals surface area contributed by atoms with E-state index in [-0.39, 0.29) is 11.8 Å². The molecular formula is C19H15ClN2O2. The highest BCUT2D eigenvalue weighted by atomic mass is 35.5. The van der Waals surface area contributed by atoms with Gasteiger partial charge >= 0.3 is 0 Å². The van der Waals surface area contributed by atoms with Crippen molar-refractivity contribution in [3.05, 3.63) is 65.4 Å². The van der Waals surface area contributed by atoms with Crippen molar-refractivity contribution in [2.24, 2.45) is 0 Å². The molecule has 5 heteroatoms. The lowest BCUT2D eigenvalue weighted by Gasteiger charge is -2.25. The van der Waals surface area contributed by atoms with Gasteiger partial charge in [0, 0.05) is 28.4 Å². The number of rotatable bonds is 2. The first-order valence-electron chi connectivity index (χ1n) is 7.78. The molecule has 1 amide bonds. The minimum Gasteiger partial charge on any atom is -0.493 e. The van der Waals surface area contributed by atoms with E-state index in [2.05, 4.69) is 10.3 Å². The molecule has 2 heterocycles. The van der Waals surface area contributed by atoms with E-state index in [1.807, 2.05) is 36.4 Å². The molecule has 1 aliphatic heterocycles. The molecule has 2 aromatic carbocycles. The molecule has 4 nitrogen and oxygen atoms in total. The topological polar surface area (TPSA) is 51.2 Å². The summed E-state index contributed by atoms with van der Waals surface area (Å²) in [6, 6.07) is 13.1. The number of halogens is 1. The number of hydrogen-bond donors (Lipinski definition) is 1. The van der Waals surface area contributed by atoms with Crippen molar-refractivity contribution in [2.75, 3.05) is 11.9 Å². The fourth-order valence-corrected chi connectivity index (χ4v) is 3.26. The number of amides is 1. The first-order valence-corrected chi connectivity index (χ1v) is 8.16. The van der Waals surface area contributed by atoms with Crippen LogP contribution in [0.1, 0.15) is 17.9 Å². The summed E-state index contributed by atoms with van der Waals surface area (Å²) in [4.78, 5) is 17.0. The number of carbonyl (C=O) groups excluding carboxylic acids is 1. The molecule has 24 heavy (non-hydrogen) atoms. The van der Waals surface area contributed by atoms with E-state index in [9.17, 15) is 4.79 Å². The van der Waals surface area contributed by atoms with E-state index in [4.69, 9.17) is 16.3 Å². The number of fused-ring (bicyclic) bond motifs is 2. The van der Waals surface area contributed by atoms with Crippen LogP contribution in [0.25, 0.3) is 10.8 Å². The quantitative estimate of drug-likeness (QED) is 0.753. The number of nitrogens with zero attached hydrogens (tertiary/aromatic N) is 1. The van der Waals surface area contributed by atoms with E-state index in [1.165, 1.54) is 0 Å². The third-order valence-electron chi connectivity index (χ3n) is 4.27. The Morgan fingerprint density at radius 2 is 2.17 bits per heavy atom. The summed E-state index contributed by atoms with van der Waals surface area (Å²) in [7, 11) is 0. The van der Waals surface area contributed by atoms with Gasteiger partial charge in [-0.3, -0.25) is 9.78 Å². The fourth-order valence-electron chi connectivity index (χ4n) is 3.08. The second kappa shape index (κ2) is 6.13. The highest BCUT2D eigenvalue weighted by molar-refractivity contribution is 6.30. The SMILES string of the molecule is O=C(Nc1cccc2ccncc12)C1CCOc2ccc(Cl)cc21. The van der Waals surface area contributed by atoms with Gasteiger partial charge in [-0.2, -0.15) is 0 Å². The first-order chi connectivity index (χ1) is 11.7. The Morgan fingerprint density at radius 1 is 1.25 bits per heavy atom. The minimum atomic E-state index is -0.278. The molecule has 0 saturated heterocycles. The standard InChI is InChI=1S/C19H15ClN2O2/c20-13-4-5-18-15(10-13)14(7-9-24-18)19(23)22-17-3-1-2-12-6-8-21-11-16(12)17/h1-6,8,10-11,14H,7,9H2,(H,22,23). The summed E-state index contributed by atoms with van der Waals surface area (Å²) in [6.45, 7) is 0.518. The van der Waals surface area contributed by atoms with Crippen LogP contribution in [0, 0.1) is 0 Å². The summed E-state index contributed by atoms with van der Waals surface area (Å²) in [6.07, 6.45) is 4.13. The van der Waals surface area contributed by atoms with Gasteiger partial charge in [-0.25, -0.2) is 0 Å². The third kappa shape index (κ3) is 2.69. The van der Waals surface area contributed by atoms with E-state index in [1.54, 1.807) is 18.5 Å². The smallest absolute Gasteiger partial charge is 0.232 e. The molecule has 1 unspecified atom stereocenters. The van der Waals surface area contributed by atoms with Crippen molar-refractivity contribution in [3.8, 4) is 5.75 Å². The summed E-state index contributed by atoms with van der Waals surface area (Å²) >= 11 is 6.09. The normalized spacial score (nSPS) is 16.3. The number of aromatic nitrogens is 1. The van der Waals surface area contributed by atoms with E-state index in [0.29, 0.717) is 18.1 Å². The highest BCUT2D eigenvalue weighted by Crippen LogP contribution is 2.36. The molecule has 1 aliphatic rings. The summed E-state index contributed by atoms with van der Waals surface area (Å²) < 4.78 is 5.63. The van der Waals surface area contributed by atoms with Gasteiger partial charge < -0.3 is 10.1 Å². The zero-order chi connectivity index (χ0) is 16.5. The first kappa shape index (κ1) is 15.0. The lowest BCUT2D eigenvalue weighted by Crippen LogP contribution is -2.26. The number of ether oxygens (including phenoxy) is 1. The van der Waals surface area contributed by atoms with Gasteiger partial charge in [0.2, 0.25) is 5.91 Å². The number of carbonyl (C=O) groups is 1. The van der Waals surface area contributed by atoms with E-state index >= 15 is 0 Å². The van der Waals surface area contributed by atoms with Gasteiger partial charge in [-0.15, -0.1) is 0 Å². The van der Waals surface area contributed by atoms with Crippen molar-refractivity contribution in [1.82, 2.24) is 4.98 Å². The maximum absolute atomic E-state index is 12.9. The number of hydrogen-bond acceptors (Lipinski definition) is 3. The Labute approximate surface area is 144 Å². The van der Waals surface area contributed by atoms with Gasteiger partial charge in [-0.1, -0.05) is 23.7 Å². The Hall–Kier alpha value is -2.59. The monoisotopic (exact) mass is 338 g/mol. The molecule has 0 spiro atoms. The van der Waals surface area contributed by atoms with Gasteiger partial charge in [0.05, 0.1) is 18.2 Å². The van der Waals surface area contributed by atoms with Gasteiger partial charge in [0.15, 0.2) is 0 Å². The van der Waals surface area contributed by atoms with E-state index < -0.39 is 0 Å². The molecule has 3 aromatic rings. The molecule has 0 saturated carbocycles. The van der Waals surface area contributed by atoms with Crippen LogP contribution in [-0.2, 0) is 4.79 Å². The Balaban J connectivity index is 1.67. The van der Waals surface area contributed by atoms with Crippen molar-refractivity contribution < 1.29 is 9.53 Å². The zero-order valence-electron chi connectivity index (χ0n) is 12.8. The maximum Gasteiger partial charge on any atom is 0.232 e. The minimum absolute atomic E-state index is 0.0573. The lowest BCUT2D eigenvalue weighted by molar-refractivity contribution is -0.118. The van der Waals surface area contributed by atoms with Gasteiger partial charge in [-0.05, 0) is 42.1 Å². The second-order valence-electron chi connectivity index (χ2n) is 5.76. The second-order valence-corrected chi connectivity index (χ2v) is 6.20. The number of nitrogens with one attached hydrogen (secondary N) is 1. The molecule has 4 rings (SSSR count). The molecule has 1 atom stereocenters. The van der Waals surface area contributed by atoms with Crippen LogP contribution in [0.3, 0.4) is 0 Å². The Kier molecular flexibility index (Phi) is 3.82. The number of benzene rings is 2. The fraction of sp³-hybridized carbons (Fsp3) is 0.158. The summed E-state index contributed by atoms with van der Waals surface area (Å²) in [5, 5.41) is 5.60. The average molecular weight is 339 g/mol. The van der Waals surface area contributed by atoms with Crippen molar-refractivity contribution >= 4 is 34.0 Å². The van der Waals surface area contributed by atoms with Crippen molar-refractivity contribution in [3.63, 3.8) is 0 Å². The van der Waals surface area contributed by atoms with Crippen molar-refractivity contribution in [2.45, 2.75) is 12.3 Å². The highest BCUT2D eigenvalue weighted by Gasteiger charge is 2.28. The molecular weight excluding hydrogens is 324 g/mol. The molecule has 120 valence electrons. The van der Waals surface area contributed by atoms with Crippen LogP contribution >= 0.6 is 11.6 Å². The predicted molar refractivity (Wildman–Crippen MR) is 94.7 cm³/mol. The largest absolute Gasteiger partial charge is 0.493 e. The molecule has 0 bridgehead atoms. The van der Waals surface area contributed by atoms with Crippen LogP contribution in [0.5, 0.6) is 5.75 Å². The summed E-state index contributed by atoms with van der Waals surface area (Å²) in [5.74, 6) is 0.392. The van der Waals surface area contributed by atoms with Gasteiger partial charge in [0.1, 0.15) is 5.75 Å². The Morgan fingerprint density at radius 3 is 3.08 bits per heavy atom. The third-order valence-corrected chi connectivity index (χ3v) is 4.50. The molecule has 1 aromatic heterocycles. The number of pyridine rings is 1. The van der Waals surface area contributed by atoms with Crippen molar-refractivity contribution in [1.29, 1.82) is 0 Å². The molecule has 1 N–H and O–H groups in total. The zero-order valence-corrected chi connectivity index (χ0v) is 13.6. The Bertz CT molecular complexity index is 921. The molecule has 0 fully saturated rings. The van der Waals surface area contributed by atoms with Crippen LogP contribution in [-0.4, -0.2) is 17.5 Å². The predicted octanol–water partition coefficient (Wildman–Crippen LogP) is 4.39. The molecule has 0 aliphatic carbocycles. The number of anilines is 1. The van der Waals surface area contributed by atoms with Crippen LogP contribution in [0.2, 0.25) is 5.02 Å². The van der Waals surface area contributed by atoms with Crippen LogP contribution in [0.15, 0.2) is 54.9 Å². The van der Waals surface area contributed by atoms with Gasteiger partial charge in [0.25, 0.3) is 0 Å². The molecule has 0 radical (unpaired) electrons.